The van der Waals surface area contributed by atoms with Gasteiger partial charge in [0.25, 0.3) is 0 Å². The van der Waals surface area contributed by atoms with Gasteiger partial charge in [-0.3, -0.25) is 4.40 Å². The number of aryl methyl sites for hydroxylation is 2. The molecule has 0 spiro atoms. The van der Waals surface area contributed by atoms with Crippen molar-refractivity contribution in [2.75, 3.05) is 6.61 Å². The lowest BCUT2D eigenvalue weighted by atomic mass is 10.1. The molecule has 18 heavy (non-hydrogen) atoms. The first-order valence-corrected chi connectivity index (χ1v) is 6.06. The van der Waals surface area contributed by atoms with E-state index in [0.29, 0.717) is 6.42 Å². The first-order chi connectivity index (χ1) is 8.72. The van der Waals surface area contributed by atoms with Crippen molar-refractivity contribution in [3.63, 3.8) is 0 Å². The minimum Gasteiger partial charge on any atom is -0.396 e. The lowest BCUT2D eigenvalue weighted by Crippen LogP contribution is -2.01. The first-order valence-electron chi connectivity index (χ1n) is 6.06. The van der Waals surface area contributed by atoms with E-state index in [1.165, 1.54) is 16.5 Å². The van der Waals surface area contributed by atoms with Crippen LogP contribution in [0.2, 0.25) is 0 Å². The van der Waals surface area contributed by atoms with E-state index in [2.05, 4.69) is 42.2 Å². The maximum Gasteiger partial charge on any atom is 0.161 e. The number of hydrogen-bond donors (Lipinski definition) is 1. The third kappa shape index (κ3) is 1.49. The number of fused-ring (bicyclic) bond motifs is 3. The number of para-hydroxylation sites is 1. The Morgan fingerprint density at radius 2 is 2.00 bits per heavy atom. The minimum absolute atomic E-state index is 0.0854. The maximum absolute atomic E-state index is 9.11. The third-order valence-electron chi connectivity index (χ3n) is 3.32. The summed E-state index contributed by atoms with van der Waals surface area (Å²) in [5.41, 5.74) is 4.38. The molecule has 4 nitrogen and oxygen atoms in total. The van der Waals surface area contributed by atoms with Gasteiger partial charge in [0, 0.05) is 11.8 Å². The molecular formula is C14H15N3O. The van der Waals surface area contributed by atoms with Crippen LogP contribution in [-0.4, -0.2) is 26.3 Å². The molecule has 0 amide bonds. The number of hydrogen-bond acceptors (Lipinski definition) is 3. The van der Waals surface area contributed by atoms with Crippen LogP contribution in [0.4, 0.5) is 0 Å². The molecule has 0 aliphatic rings. The van der Waals surface area contributed by atoms with Crippen molar-refractivity contribution in [3.8, 4) is 0 Å². The van der Waals surface area contributed by atoms with Crippen LogP contribution in [0.15, 0.2) is 24.3 Å². The normalized spacial score (nSPS) is 11.5. The van der Waals surface area contributed by atoms with Crippen LogP contribution >= 0.6 is 0 Å². The summed E-state index contributed by atoms with van der Waals surface area (Å²) < 4.78 is 2.05. The van der Waals surface area contributed by atoms with Crippen molar-refractivity contribution in [2.24, 2.45) is 0 Å². The predicted octanol–water partition coefficient (Wildman–Crippen LogP) is 2.03. The standard InChI is InChI=1S/C14H15N3O/c1-9-4-3-5-11-10(2)8-13-16-15-12(6-7-18)17(13)14(9)11/h3-5,8,18H,6-7H2,1-2H3. The van der Waals surface area contributed by atoms with Crippen molar-refractivity contribution in [2.45, 2.75) is 20.3 Å². The minimum atomic E-state index is 0.0854. The van der Waals surface area contributed by atoms with Gasteiger partial charge >= 0.3 is 0 Å². The van der Waals surface area contributed by atoms with Crippen molar-refractivity contribution in [3.05, 3.63) is 41.2 Å². The van der Waals surface area contributed by atoms with Gasteiger partial charge in [-0.05, 0) is 31.0 Å². The lowest BCUT2D eigenvalue weighted by molar-refractivity contribution is 0.296. The van der Waals surface area contributed by atoms with E-state index in [1.807, 2.05) is 10.5 Å². The SMILES string of the molecule is Cc1cc2nnc(CCO)n2c2c(C)cccc12. The first kappa shape index (κ1) is 11.2. The Kier molecular flexibility index (Phi) is 2.52. The van der Waals surface area contributed by atoms with Gasteiger partial charge in [-0.1, -0.05) is 18.2 Å². The smallest absolute Gasteiger partial charge is 0.161 e. The van der Waals surface area contributed by atoms with Crippen molar-refractivity contribution in [1.82, 2.24) is 14.6 Å². The molecule has 3 aromatic rings. The van der Waals surface area contributed by atoms with Gasteiger partial charge in [0.05, 0.1) is 12.1 Å². The fourth-order valence-electron chi connectivity index (χ4n) is 2.47. The summed E-state index contributed by atoms with van der Waals surface area (Å²) in [4.78, 5) is 0. The van der Waals surface area contributed by atoms with Gasteiger partial charge in [-0.2, -0.15) is 0 Å². The summed E-state index contributed by atoms with van der Waals surface area (Å²) in [6, 6.07) is 8.30. The molecule has 0 aliphatic carbocycles. The van der Waals surface area contributed by atoms with Crippen LogP contribution in [0.1, 0.15) is 17.0 Å². The Morgan fingerprint density at radius 3 is 2.78 bits per heavy atom. The summed E-state index contributed by atoms with van der Waals surface area (Å²) >= 11 is 0. The topological polar surface area (TPSA) is 50.4 Å². The third-order valence-corrected chi connectivity index (χ3v) is 3.32. The summed E-state index contributed by atoms with van der Waals surface area (Å²) in [5.74, 6) is 0.812. The number of aliphatic hydroxyl groups is 1. The monoisotopic (exact) mass is 241 g/mol. The molecule has 0 saturated heterocycles. The van der Waals surface area contributed by atoms with Crippen molar-refractivity contribution >= 4 is 16.6 Å². The number of aromatic nitrogens is 3. The fraction of sp³-hybridized carbons (Fsp3) is 0.286. The summed E-state index contributed by atoms with van der Waals surface area (Å²) in [6.07, 6.45) is 0.521. The summed E-state index contributed by atoms with van der Waals surface area (Å²) in [6.45, 7) is 4.26. The molecule has 0 radical (unpaired) electrons. The van der Waals surface area contributed by atoms with Crippen LogP contribution in [0.3, 0.4) is 0 Å². The number of pyridine rings is 1. The van der Waals surface area contributed by atoms with E-state index in [-0.39, 0.29) is 6.61 Å². The average molecular weight is 241 g/mol. The van der Waals surface area contributed by atoms with E-state index in [9.17, 15) is 0 Å². The fourth-order valence-corrected chi connectivity index (χ4v) is 2.47. The van der Waals surface area contributed by atoms with Gasteiger partial charge in [-0.15, -0.1) is 10.2 Å². The Labute approximate surface area is 105 Å². The molecule has 0 aliphatic heterocycles. The molecule has 0 bridgehead atoms. The molecule has 1 aromatic carbocycles. The summed E-state index contributed by atoms with van der Waals surface area (Å²) in [5, 5.41) is 18.7. The van der Waals surface area contributed by atoms with Crippen LogP contribution in [0.25, 0.3) is 16.6 Å². The molecular weight excluding hydrogens is 226 g/mol. The van der Waals surface area contributed by atoms with Gasteiger partial charge < -0.3 is 5.11 Å². The Hall–Kier alpha value is -1.94. The van der Waals surface area contributed by atoms with Crippen molar-refractivity contribution in [1.29, 1.82) is 0 Å². The zero-order chi connectivity index (χ0) is 12.7. The zero-order valence-electron chi connectivity index (χ0n) is 10.5. The molecule has 0 fully saturated rings. The molecule has 92 valence electrons. The van der Waals surface area contributed by atoms with E-state index < -0.39 is 0 Å². The largest absolute Gasteiger partial charge is 0.396 e. The van der Waals surface area contributed by atoms with Crippen LogP contribution < -0.4 is 0 Å². The maximum atomic E-state index is 9.11. The van der Waals surface area contributed by atoms with Gasteiger partial charge in [-0.25, -0.2) is 0 Å². The number of rotatable bonds is 2. The van der Waals surface area contributed by atoms with Gasteiger partial charge in [0.2, 0.25) is 0 Å². The highest BCUT2D eigenvalue weighted by atomic mass is 16.3. The van der Waals surface area contributed by atoms with Gasteiger partial charge in [0.1, 0.15) is 5.82 Å². The second-order valence-corrected chi connectivity index (χ2v) is 4.58. The predicted molar refractivity (Wildman–Crippen MR) is 70.8 cm³/mol. The Morgan fingerprint density at radius 1 is 1.17 bits per heavy atom. The van der Waals surface area contributed by atoms with E-state index in [1.54, 1.807) is 0 Å². The highest BCUT2D eigenvalue weighted by molar-refractivity contribution is 5.88. The molecule has 2 heterocycles. The molecule has 2 aromatic heterocycles. The number of nitrogens with zero attached hydrogens (tertiary/aromatic N) is 3. The Balaban J connectivity index is 2.52. The van der Waals surface area contributed by atoms with Crippen molar-refractivity contribution < 1.29 is 5.11 Å². The zero-order valence-corrected chi connectivity index (χ0v) is 10.5. The summed E-state index contributed by atoms with van der Waals surface area (Å²) in [7, 11) is 0. The average Bonchev–Trinajstić information content (AvgIpc) is 2.73. The Bertz CT molecular complexity index is 731. The highest BCUT2D eigenvalue weighted by Crippen LogP contribution is 2.24. The molecule has 0 atom stereocenters. The van der Waals surface area contributed by atoms with E-state index in [4.69, 9.17) is 5.11 Å². The molecule has 1 N–H and O–H groups in total. The lowest BCUT2D eigenvalue weighted by Gasteiger charge is -2.09. The molecule has 4 heteroatoms. The second kappa shape index (κ2) is 4.07. The van der Waals surface area contributed by atoms with Gasteiger partial charge in [0.15, 0.2) is 5.65 Å². The molecule has 3 rings (SSSR count). The van der Waals surface area contributed by atoms with Crippen LogP contribution in [-0.2, 0) is 6.42 Å². The molecule has 0 saturated carbocycles. The van der Waals surface area contributed by atoms with Crippen LogP contribution in [0.5, 0.6) is 0 Å². The number of aliphatic hydroxyl groups excluding tert-OH is 1. The second-order valence-electron chi connectivity index (χ2n) is 4.58. The quantitative estimate of drug-likeness (QED) is 0.747. The highest BCUT2D eigenvalue weighted by Gasteiger charge is 2.11. The van der Waals surface area contributed by atoms with E-state index >= 15 is 0 Å². The number of benzene rings is 1. The van der Waals surface area contributed by atoms with Crippen LogP contribution in [0, 0.1) is 13.8 Å². The van der Waals surface area contributed by atoms with E-state index in [0.717, 1.165) is 17.0 Å². The molecule has 0 unspecified atom stereocenters.